The van der Waals surface area contributed by atoms with Crippen LogP contribution in [0.2, 0.25) is 0 Å². The highest BCUT2D eigenvalue weighted by atomic mass is 35.5. The Morgan fingerprint density at radius 1 is 1.73 bits per heavy atom. The molecule has 0 spiro atoms. The maximum atomic E-state index is 10.2. The van der Waals surface area contributed by atoms with Crippen molar-refractivity contribution < 1.29 is 9.90 Å². The van der Waals surface area contributed by atoms with Gasteiger partial charge in [0.25, 0.3) is 0 Å². The molecule has 0 aliphatic carbocycles. The molecule has 0 saturated heterocycles. The minimum absolute atomic E-state index is 0.0419. The van der Waals surface area contributed by atoms with E-state index in [4.69, 9.17) is 16.7 Å². The van der Waals surface area contributed by atoms with Gasteiger partial charge in [0.1, 0.15) is 0 Å². The van der Waals surface area contributed by atoms with E-state index in [1.807, 2.05) is 0 Å². The number of hydrogen-bond donors (Lipinski definition) is 1. The first-order chi connectivity index (χ1) is 5.24. The predicted molar refractivity (Wildman–Crippen MR) is 40.8 cm³/mol. The van der Waals surface area contributed by atoms with E-state index in [0.717, 1.165) is 11.5 Å². The Morgan fingerprint density at radius 3 is 3.00 bits per heavy atom. The summed E-state index contributed by atoms with van der Waals surface area (Å²) in [6.45, 7) is 0. The highest BCUT2D eigenvalue weighted by Crippen LogP contribution is 2.12. The fraction of sp³-hybridized carbons (Fsp3) is 0.400. The van der Waals surface area contributed by atoms with E-state index >= 15 is 0 Å². The zero-order valence-electron chi connectivity index (χ0n) is 5.45. The summed E-state index contributed by atoms with van der Waals surface area (Å²) in [5.74, 6) is -0.665. The van der Waals surface area contributed by atoms with E-state index in [-0.39, 0.29) is 12.3 Å². The van der Waals surface area contributed by atoms with E-state index in [2.05, 4.69) is 9.59 Å². The van der Waals surface area contributed by atoms with Gasteiger partial charge < -0.3 is 5.11 Å². The smallest absolute Gasteiger partial charge is 0.308 e. The van der Waals surface area contributed by atoms with Gasteiger partial charge in [-0.05, 0) is 11.5 Å². The summed E-state index contributed by atoms with van der Waals surface area (Å²) in [7, 11) is 0. The van der Waals surface area contributed by atoms with Crippen LogP contribution in [-0.4, -0.2) is 20.7 Å². The molecule has 0 aromatic carbocycles. The Balaban J connectivity index is 2.76. The van der Waals surface area contributed by atoms with Gasteiger partial charge in [-0.3, -0.25) is 4.79 Å². The summed E-state index contributed by atoms with van der Waals surface area (Å²) in [6.07, 6.45) is -0.0419. The lowest BCUT2D eigenvalue weighted by Crippen LogP contribution is -2.00. The third-order valence-electron chi connectivity index (χ3n) is 1.07. The van der Waals surface area contributed by atoms with Crippen LogP contribution in [0.3, 0.4) is 0 Å². The monoisotopic (exact) mass is 192 g/mol. The average molecular weight is 193 g/mol. The summed E-state index contributed by atoms with van der Waals surface area (Å²) in [5.41, 5.74) is 0.569. The van der Waals surface area contributed by atoms with Crippen LogP contribution in [0.15, 0.2) is 0 Å². The van der Waals surface area contributed by atoms with Gasteiger partial charge in [0.05, 0.1) is 22.9 Å². The second-order valence-corrected chi connectivity index (χ2v) is 2.95. The van der Waals surface area contributed by atoms with Crippen molar-refractivity contribution in [1.29, 1.82) is 0 Å². The lowest BCUT2D eigenvalue weighted by atomic mass is 10.3. The molecule has 0 amide bonds. The molecule has 60 valence electrons. The Labute approximate surface area is 72.0 Å². The van der Waals surface area contributed by atoms with Crippen molar-refractivity contribution in [3.63, 3.8) is 0 Å². The molecule has 0 saturated carbocycles. The van der Waals surface area contributed by atoms with Crippen molar-refractivity contribution in [2.24, 2.45) is 0 Å². The molecule has 0 aliphatic rings. The van der Waals surface area contributed by atoms with Crippen LogP contribution in [0.25, 0.3) is 0 Å². The minimum Gasteiger partial charge on any atom is -0.481 e. The zero-order valence-corrected chi connectivity index (χ0v) is 7.02. The van der Waals surface area contributed by atoms with Crippen LogP contribution in [0.5, 0.6) is 0 Å². The van der Waals surface area contributed by atoms with E-state index in [0.29, 0.717) is 10.6 Å². The lowest BCUT2D eigenvalue weighted by molar-refractivity contribution is -0.136. The zero-order chi connectivity index (χ0) is 8.27. The number of aliphatic carboxylic acids is 1. The summed E-state index contributed by atoms with van der Waals surface area (Å²) >= 11 is 6.54. The number of nitrogens with zero attached hydrogens (tertiary/aromatic N) is 2. The molecule has 1 N–H and O–H groups in total. The average Bonchev–Trinajstić information content (AvgIpc) is 2.34. The van der Waals surface area contributed by atoms with Crippen molar-refractivity contribution in [1.82, 2.24) is 9.59 Å². The van der Waals surface area contributed by atoms with E-state index in [1.54, 1.807) is 0 Å². The van der Waals surface area contributed by atoms with Gasteiger partial charge in [0.2, 0.25) is 0 Å². The molecule has 0 atom stereocenters. The largest absolute Gasteiger partial charge is 0.481 e. The van der Waals surface area contributed by atoms with Crippen molar-refractivity contribution in [2.45, 2.75) is 12.3 Å². The van der Waals surface area contributed by atoms with Crippen molar-refractivity contribution in [2.75, 3.05) is 0 Å². The third kappa shape index (κ3) is 2.13. The van der Waals surface area contributed by atoms with Crippen LogP contribution in [0, 0.1) is 0 Å². The molecule has 11 heavy (non-hydrogen) atoms. The summed E-state index contributed by atoms with van der Waals surface area (Å²) < 4.78 is 3.59. The molecule has 0 bridgehead atoms. The number of hydrogen-bond acceptors (Lipinski definition) is 4. The topological polar surface area (TPSA) is 63.1 Å². The SMILES string of the molecule is O=C(O)Cc1snnc1CCl. The van der Waals surface area contributed by atoms with Gasteiger partial charge in [0, 0.05) is 0 Å². The first-order valence-electron chi connectivity index (χ1n) is 2.82. The second-order valence-electron chi connectivity index (χ2n) is 1.85. The quantitative estimate of drug-likeness (QED) is 0.723. The highest BCUT2D eigenvalue weighted by Gasteiger charge is 2.09. The maximum absolute atomic E-state index is 10.2. The molecule has 0 radical (unpaired) electrons. The highest BCUT2D eigenvalue weighted by molar-refractivity contribution is 7.05. The second kappa shape index (κ2) is 3.64. The van der Waals surface area contributed by atoms with E-state index < -0.39 is 5.97 Å². The Bertz CT molecular complexity index is 263. The molecule has 1 heterocycles. The molecular weight excluding hydrogens is 188 g/mol. The standard InChI is InChI=1S/C5H5ClN2O2S/c6-2-3-4(1-5(9)10)11-8-7-3/h1-2H2,(H,9,10). The number of halogens is 1. The van der Waals surface area contributed by atoms with Gasteiger partial charge >= 0.3 is 5.97 Å². The number of carbonyl (C=O) groups is 1. The van der Waals surface area contributed by atoms with Crippen molar-refractivity contribution >= 4 is 29.1 Å². The number of carboxylic acids is 1. The van der Waals surface area contributed by atoms with E-state index in [1.165, 1.54) is 0 Å². The van der Waals surface area contributed by atoms with Gasteiger partial charge in [-0.1, -0.05) is 4.49 Å². The van der Waals surface area contributed by atoms with Crippen LogP contribution < -0.4 is 0 Å². The summed E-state index contributed by atoms with van der Waals surface area (Å²) in [4.78, 5) is 10.9. The fourth-order valence-electron chi connectivity index (χ4n) is 0.600. The van der Waals surface area contributed by atoms with Gasteiger partial charge in [-0.25, -0.2) is 0 Å². The molecule has 4 nitrogen and oxygen atoms in total. The van der Waals surface area contributed by atoms with Crippen molar-refractivity contribution in [3.05, 3.63) is 10.6 Å². The molecule has 1 aromatic heterocycles. The third-order valence-corrected chi connectivity index (χ3v) is 2.09. The van der Waals surface area contributed by atoms with Crippen LogP contribution >= 0.6 is 23.1 Å². The van der Waals surface area contributed by atoms with Crippen LogP contribution in [0.4, 0.5) is 0 Å². The predicted octanol–water partition coefficient (Wildman–Crippen LogP) is 0.904. The minimum atomic E-state index is -0.887. The van der Waals surface area contributed by atoms with Crippen molar-refractivity contribution in [3.8, 4) is 0 Å². The fourth-order valence-corrected chi connectivity index (χ4v) is 1.54. The number of carboxylic acid groups (broad SMARTS) is 1. The molecule has 0 unspecified atom stereocenters. The maximum Gasteiger partial charge on any atom is 0.308 e. The Morgan fingerprint density at radius 2 is 2.45 bits per heavy atom. The van der Waals surface area contributed by atoms with Crippen LogP contribution in [0.1, 0.15) is 10.6 Å². The first-order valence-corrected chi connectivity index (χ1v) is 4.12. The lowest BCUT2D eigenvalue weighted by Gasteiger charge is -1.90. The Hall–Kier alpha value is -0.680. The molecule has 6 heteroatoms. The summed E-state index contributed by atoms with van der Waals surface area (Å²) in [6, 6.07) is 0. The molecule has 0 fully saturated rings. The molecular formula is C5H5ClN2O2S. The molecule has 0 aliphatic heterocycles. The molecule has 1 aromatic rings. The number of alkyl halides is 1. The molecule has 1 rings (SSSR count). The van der Waals surface area contributed by atoms with Gasteiger partial charge in [-0.2, -0.15) is 0 Å². The summed E-state index contributed by atoms with van der Waals surface area (Å²) in [5, 5.41) is 12.1. The number of aromatic nitrogens is 2. The van der Waals surface area contributed by atoms with Crippen LogP contribution in [-0.2, 0) is 17.1 Å². The normalized spacial score (nSPS) is 9.91. The number of rotatable bonds is 3. The van der Waals surface area contributed by atoms with E-state index in [9.17, 15) is 4.79 Å². The van der Waals surface area contributed by atoms with Gasteiger partial charge in [-0.15, -0.1) is 16.7 Å². The Kier molecular flexibility index (Phi) is 2.78. The first kappa shape index (κ1) is 8.42. The van der Waals surface area contributed by atoms with Gasteiger partial charge in [0.15, 0.2) is 0 Å².